The van der Waals surface area contributed by atoms with Gasteiger partial charge in [0.15, 0.2) is 5.84 Å². The number of nitrogens with two attached hydrogens (primary N) is 1. The van der Waals surface area contributed by atoms with Gasteiger partial charge in [0.05, 0.1) is 10.7 Å². The molecule has 100 valence electrons. The lowest BCUT2D eigenvalue weighted by molar-refractivity contribution is 0.318. The molecule has 1 aromatic carbocycles. The van der Waals surface area contributed by atoms with Crippen LogP contribution in [0.1, 0.15) is 16.8 Å². The molecule has 0 aliphatic rings. The smallest absolute Gasteiger partial charge is 0.171 e. The highest BCUT2D eigenvalue weighted by molar-refractivity contribution is 7.99. The van der Waals surface area contributed by atoms with Crippen molar-refractivity contribution in [2.24, 2.45) is 17.9 Å². The van der Waals surface area contributed by atoms with Gasteiger partial charge in [0.2, 0.25) is 0 Å². The minimum atomic E-state index is 0.116. The fourth-order valence-corrected chi connectivity index (χ4v) is 2.95. The minimum absolute atomic E-state index is 0.116. The molecule has 2 aromatic rings. The zero-order valence-electron chi connectivity index (χ0n) is 11.1. The molecule has 0 bridgehead atoms. The van der Waals surface area contributed by atoms with E-state index in [9.17, 15) is 0 Å². The van der Waals surface area contributed by atoms with Crippen molar-refractivity contribution in [2.45, 2.75) is 23.8 Å². The molecule has 5 nitrogen and oxygen atoms in total. The number of aryl methyl sites for hydroxylation is 3. The average molecular weight is 276 g/mol. The molecule has 0 aliphatic carbocycles. The summed E-state index contributed by atoms with van der Waals surface area (Å²) in [5.41, 5.74) is 8.49. The first-order valence-electron chi connectivity index (χ1n) is 5.79. The molecule has 0 amide bonds. The SMILES string of the molecule is Cc1cc(Sc2c(C)cccc2/C(N)=N/O)n(C)n1. The van der Waals surface area contributed by atoms with Crippen molar-refractivity contribution >= 4 is 17.6 Å². The van der Waals surface area contributed by atoms with Gasteiger partial charge in [-0.1, -0.05) is 29.1 Å². The van der Waals surface area contributed by atoms with Crippen LogP contribution in [-0.4, -0.2) is 20.8 Å². The van der Waals surface area contributed by atoms with Crippen molar-refractivity contribution in [1.29, 1.82) is 0 Å². The first kappa shape index (κ1) is 13.5. The van der Waals surface area contributed by atoms with Gasteiger partial charge < -0.3 is 10.9 Å². The maximum Gasteiger partial charge on any atom is 0.171 e. The predicted molar refractivity (Wildman–Crippen MR) is 75.8 cm³/mol. The number of amidine groups is 1. The molecule has 2 rings (SSSR count). The Kier molecular flexibility index (Phi) is 3.80. The number of rotatable bonds is 3. The largest absolute Gasteiger partial charge is 0.409 e. The predicted octanol–water partition coefficient (Wildman–Crippen LogP) is 2.28. The van der Waals surface area contributed by atoms with Gasteiger partial charge >= 0.3 is 0 Å². The highest BCUT2D eigenvalue weighted by Crippen LogP contribution is 2.33. The number of hydrogen-bond acceptors (Lipinski definition) is 4. The zero-order valence-corrected chi connectivity index (χ0v) is 11.9. The van der Waals surface area contributed by atoms with Crippen LogP contribution in [0.4, 0.5) is 0 Å². The van der Waals surface area contributed by atoms with Gasteiger partial charge in [-0.15, -0.1) is 0 Å². The summed E-state index contributed by atoms with van der Waals surface area (Å²) in [6.07, 6.45) is 0. The molecule has 0 unspecified atom stereocenters. The third kappa shape index (κ3) is 2.73. The van der Waals surface area contributed by atoms with Crippen LogP contribution in [-0.2, 0) is 7.05 Å². The van der Waals surface area contributed by atoms with Crippen molar-refractivity contribution in [3.8, 4) is 0 Å². The normalized spacial score (nSPS) is 11.8. The van der Waals surface area contributed by atoms with Crippen molar-refractivity contribution in [2.75, 3.05) is 0 Å². The summed E-state index contributed by atoms with van der Waals surface area (Å²) in [6, 6.07) is 7.74. The summed E-state index contributed by atoms with van der Waals surface area (Å²) in [4.78, 5) is 0.973. The van der Waals surface area contributed by atoms with Crippen LogP contribution in [0.2, 0.25) is 0 Å². The number of hydrogen-bond donors (Lipinski definition) is 2. The molecular formula is C13H16N4OS. The van der Waals surface area contributed by atoms with E-state index in [-0.39, 0.29) is 5.84 Å². The molecule has 0 fully saturated rings. The van der Waals surface area contributed by atoms with E-state index in [1.807, 2.05) is 49.8 Å². The van der Waals surface area contributed by atoms with Gasteiger partial charge in [-0.3, -0.25) is 4.68 Å². The summed E-state index contributed by atoms with van der Waals surface area (Å²) in [5.74, 6) is 0.116. The van der Waals surface area contributed by atoms with E-state index in [1.165, 1.54) is 0 Å². The maximum atomic E-state index is 8.86. The van der Waals surface area contributed by atoms with Gasteiger partial charge in [-0.2, -0.15) is 5.10 Å². The van der Waals surface area contributed by atoms with E-state index in [2.05, 4.69) is 10.3 Å². The summed E-state index contributed by atoms with van der Waals surface area (Å²) in [5, 5.41) is 17.3. The molecule has 0 saturated carbocycles. The van der Waals surface area contributed by atoms with Gasteiger partial charge in [-0.25, -0.2) is 0 Å². The average Bonchev–Trinajstić information content (AvgIpc) is 2.69. The number of aromatic nitrogens is 2. The third-order valence-corrected chi connectivity index (χ3v) is 4.10. The van der Waals surface area contributed by atoms with E-state index in [1.54, 1.807) is 11.8 Å². The summed E-state index contributed by atoms with van der Waals surface area (Å²) >= 11 is 1.56. The van der Waals surface area contributed by atoms with Crippen LogP contribution in [0.15, 0.2) is 39.3 Å². The summed E-state index contributed by atoms with van der Waals surface area (Å²) < 4.78 is 1.82. The second kappa shape index (κ2) is 5.36. The van der Waals surface area contributed by atoms with E-state index in [4.69, 9.17) is 10.9 Å². The first-order valence-corrected chi connectivity index (χ1v) is 6.60. The monoisotopic (exact) mass is 276 g/mol. The summed E-state index contributed by atoms with van der Waals surface area (Å²) in [7, 11) is 1.90. The van der Waals surface area contributed by atoms with E-state index in [0.717, 1.165) is 26.7 Å². The van der Waals surface area contributed by atoms with Crippen molar-refractivity contribution in [1.82, 2.24) is 9.78 Å². The van der Waals surface area contributed by atoms with Crippen molar-refractivity contribution in [3.63, 3.8) is 0 Å². The molecule has 0 radical (unpaired) electrons. The van der Waals surface area contributed by atoms with Gasteiger partial charge in [0.25, 0.3) is 0 Å². The Morgan fingerprint density at radius 2 is 2.16 bits per heavy atom. The number of nitrogens with zero attached hydrogens (tertiary/aromatic N) is 3. The molecular weight excluding hydrogens is 260 g/mol. The van der Waals surface area contributed by atoms with Crippen LogP contribution in [0, 0.1) is 13.8 Å². The molecule has 0 spiro atoms. The minimum Gasteiger partial charge on any atom is -0.409 e. The van der Waals surface area contributed by atoms with Crippen molar-refractivity contribution in [3.05, 3.63) is 41.1 Å². The molecule has 0 saturated heterocycles. The lowest BCUT2D eigenvalue weighted by Crippen LogP contribution is -2.14. The molecule has 3 N–H and O–H groups in total. The second-order valence-electron chi connectivity index (χ2n) is 4.29. The standard InChI is InChI=1S/C13H16N4OS/c1-8-5-4-6-10(13(14)16-18)12(8)19-11-7-9(2)15-17(11)3/h4-7,18H,1-3H3,(H2,14,16). The number of oxime groups is 1. The molecule has 19 heavy (non-hydrogen) atoms. The molecule has 0 aliphatic heterocycles. The Morgan fingerprint density at radius 1 is 1.42 bits per heavy atom. The molecule has 6 heteroatoms. The quantitative estimate of drug-likeness (QED) is 0.390. The van der Waals surface area contributed by atoms with Crippen LogP contribution in [0.25, 0.3) is 0 Å². The Bertz CT molecular complexity index is 634. The summed E-state index contributed by atoms with van der Waals surface area (Å²) in [6.45, 7) is 3.95. The van der Waals surface area contributed by atoms with Gasteiger partial charge in [-0.05, 0) is 31.5 Å². The third-order valence-electron chi connectivity index (χ3n) is 2.76. The maximum absolute atomic E-state index is 8.86. The number of benzene rings is 1. The Morgan fingerprint density at radius 3 is 2.74 bits per heavy atom. The molecule has 0 atom stereocenters. The fourth-order valence-electron chi connectivity index (χ4n) is 1.83. The molecule has 1 heterocycles. The van der Waals surface area contributed by atoms with E-state index < -0.39 is 0 Å². The van der Waals surface area contributed by atoms with Gasteiger partial charge in [0.1, 0.15) is 0 Å². The first-order chi connectivity index (χ1) is 9.02. The van der Waals surface area contributed by atoms with Crippen molar-refractivity contribution < 1.29 is 5.21 Å². The highest BCUT2D eigenvalue weighted by Gasteiger charge is 2.13. The molecule has 1 aromatic heterocycles. The lowest BCUT2D eigenvalue weighted by Gasteiger charge is -2.10. The lowest BCUT2D eigenvalue weighted by atomic mass is 10.1. The van der Waals surface area contributed by atoms with E-state index in [0.29, 0.717) is 0 Å². The van der Waals surface area contributed by atoms with Crippen LogP contribution >= 0.6 is 11.8 Å². The van der Waals surface area contributed by atoms with E-state index >= 15 is 0 Å². The van der Waals surface area contributed by atoms with Gasteiger partial charge in [0, 0.05) is 17.5 Å². The van der Waals surface area contributed by atoms with Crippen LogP contribution in [0.5, 0.6) is 0 Å². The highest BCUT2D eigenvalue weighted by atomic mass is 32.2. The topological polar surface area (TPSA) is 76.4 Å². The fraction of sp³-hybridized carbons (Fsp3) is 0.231. The van der Waals surface area contributed by atoms with Crippen LogP contribution in [0.3, 0.4) is 0 Å². The Balaban J connectivity index is 2.47. The Hall–Kier alpha value is -1.95. The zero-order chi connectivity index (χ0) is 14.0. The van der Waals surface area contributed by atoms with Crippen LogP contribution < -0.4 is 5.73 Å². The Labute approximate surface area is 116 Å². The second-order valence-corrected chi connectivity index (χ2v) is 5.32.